The molecule has 0 saturated heterocycles. The average Bonchev–Trinajstić information content (AvgIpc) is 3.08. The third-order valence-corrected chi connectivity index (χ3v) is 7.71. The highest BCUT2D eigenvalue weighted by atomic mass is 35.6. The summed E-state index contributed by atoms with van der Waals surface area (Å²) < 4.78 is 0. The Morgan fingerprint density at radius 2 is 1.68 bits per heavy atom. The van der Waals surface area contributed by atoms with Crippen LogP contribution in [0.1, 0.15) is 39.8 Å². The molecule has 0 amide bonds. The summed E-state index contributed by atoms with van der Waals surface area (Å²) in [4.78, 5) is 0. The second kappa shape index (κ2) is 5.11. The first-order valence-electron chi connectivity index (χ1n) is 8.16. The van der Waals surface area contributed by atoms with Crippen LogP contribution in [-0.2, 0) is 12.8 Å². The molecule has 112 valence electrons. The van der Waals surface area contributed by atoms with Gasteiger partial charge in [0.15, 0.2) is 7.38 Å². The van der Waals surface area contributed by atoms with Crippen LogP contribution in [0.15, 0.2) is 48.5 Å². The Labute approximate surface area is 138 Å². The first-order chi connectivity index (χ1) is 10.5. The van der Waals surface area contributed by atoms with Crippen LogP contribution in [0.4, 0.5) is 0 Å². The van der Waals surface area contributed by atoms with Crippen LogP contribution in [-0.4, -0.2) is 7.38 Å². The summed E-state index contributed by atoms with van der Waals surface area (Å²) in [5.74, 6) is 0. The van der Waals surface area contributed by atoms with Crippen molar-refractivity contribution in [3.05, 3.63) is 76.4 Å². The quantitative estimate of drug-likeness (QED) is 0.492. The molecule has 2 aromatic rings. The molecule has 0 N–H and O–H groups in total. The normalized spacial score (nSPS) is 19.8. The van der Waals surface area contributed by atoms with Crippen molar-refractivity contribution in [2.75, 3.05) is 0 Å². The van der Waals surface area contributed by atoms with E-state index in [0.29, 0.717) is 5.54 Å². The number of allylic oxidation sites excluding steroid dienone is 1. The molecule has 2 aliphatic rings. The van der Waals surface area contributed by atoms with E-state index in [4.69, 9.17) is 11.1 Å². The number of hydrogen-bond acceptors (Lipinski definition) is 0. The van der Waals surface area contributed by atoms with Gasteiger partial charge < -0.3 is 0 Å². The standard InChI is InChI=1S/C20H21ClSi/c1-22(2,21)20-13-17(14-7-4-3-5-8-14)18-11-15-9-6-10-16(15)12-19(18)20/h3-5,7-8,11-13,20H,6,9-10H2,1-2H3. The summed E-state index contributed by atoms with van der Waals surface area (Å²) in [5, 5.41) is 0. The van der Waals surface area contributed by atoms with E-state index in [2.05, 4.69) is 61.6 Å². The second-order valence-electron chi connectivity index (χ2n) is 7.05. The van der Waals surface area contributed by atoms with Crippen molar-refractivity contribution in [1.29, 1.82) is 0 Å². The summed E-state index contributed by atoms with van der Waals surface area (Å²) in [5.41, 5.74) is 9.14. The van der Waals surface area contributed by atoms with Gasteiger partial charge >= 0.3 is 0 Å². The van der Waals surface area contributed by atoms with Gasteiger partial charge in [-0.2, -0.15) is 11.1 Å². The lowest BCUT2D eigenvalue weighted by Crippen LogP contribution is -2.26. The minimum Gasteiger partial charge on any atom is -0.167 e. The van der Waals surface area contributed by atoms with Crippen molar-refractivity contribution in [3.8, 4) is 0 Å². The number of aryl methyl sites for hydroxylation is 2. The van der Waals surface area contributed by atoms with Gasteiger partial charge in [0.2, 0.25) is 0 Å². The molecule has 0 fully saturated rings. The van der Waals surface area contributed by atoms with Crippen molar-refractivity contribution in [3.63, 3.8) is 0 Å². The molecule has 0 nitrogen and oxygen atoms in total. The predicted octanol–water partition coefficient (Wildman–Crippen LogP) is 5.69. The average molecular weight is 325 g/mol. The summed E-state index contributed by atoms with van der Waals surface area (Å²) in [6.07, 6.45) is 6.21. The minimum atomic E-state index is -1.79. The molecule has 0 aliphatic heterocycles. The van der Waals surface area contributed by atoms with Gasteiger partial charge in [0.05, 0.1) is 0 Å². The largest absolute Gasteiger partial charge is 0.167 e. The smallest absolute Gasteiger partial charge is 0.161 e. The zero-order valence-corrected chi connectivity index (χ0v) is 15.0. The highest BCUT2D eigenvalue weighted by Gasteiger charge is 2.37. The maximum Gasteiger partial charge on any atom is 0.161 e. The van der Waals surface area contributed by atoms with E-state index in [-0.39, 0.29) is 0 Å². The Hall–Kier alpha value is -1.31. The van der Waals surface area contributed by atoms with E-state index in [9.17, 15) is 0 Å². The molecule has 4 rings (SSSR count). The second-order valence-corrected chi connectivity index (χ2v) is 13.7. The monoisotopic (exact) mass is 324 g/mol. The minimum absolute atomic E-state index is 0.422. The summed E-state index contributed by atoms with van der Waals surface area (Å²) in [6, 6.07) is 15.7. The van der Waals surface area contributed by atoms with Crippen molar-refractivity contribution in [1.82, 2.24) is 0 Å². The molecule has 2 heteroatoms. The Morgan fingerprint density at radius 1 is 1.00 bits per heavy atom. The molecule has 2 aliphatic carbocycles. The Kier molecular flexibility index (Phi) is 3.32. The molecule has 2 aromatic carbocycles. The number of halogens is 1. The predicted molar refractivity (Wildman–Crippen MR) is 98.1 cm³/mol. The third-order valence-electron chi connectivity index (χ3n) is 5.05. The molecule has 0 saturated carbocycles. The molecule has 0 heterocycles. The van der Waals surface area contributed by atoms with Gasteiger partial charge in [0.1, 0.15) is 0 Å². The Bertz CT molecular complexity index is 753. The fourth-order valence-electron chi connectivity index (χ4n) is 3.92. The van der Waals surface area contributed by atoms with Crippen LogP contribution in [0.3, 0.4) is 0 Å². The van der Waals surface area contributed by atoms with Crippen molar-refractivity contribution in [2.24, 2.45) is 0 Å². The highest BCUT2D eigenvalue weighted by molar-refractivity contribution is 7.20. The molecule has 1 unspecified atom stereocenters. The molecule has 22 heavy (non-hydrogen) atoms. The number of benzene rings is 2. The number of fused-ring (bicyclic) bond motifs is 2. The molecule has 1 atom stereocenters. The first kappa shape index (κ1) is 14.3. The molecule has 0 radical (unpaired) electrons. The molecule has 0 spiro atoms. The van der Waals surface area contributed by atoms with Gasteiger partial charge in [0, 0.05) is 5.54 Å². The van der Waals surface area contributed by atoms with Crippen LogP contribution >= 0.6 is 11.1 Å². The molecular weight excluding hydrogens is 304 g/mol. The van der Waals surface area contributed by atoms with Crippen LogP contribution in [0.2, 0.25) is 13.1 Å². The number of hydrogen-bond donors (Lipinski definition) is 0. The summed E-state index contributed by atoms with van der Waals surface area (Å²) in [6.45, 7) is 4.53. The first-order valence-corrected chi connectivity index (χ1v) is 12.3. The van der Waals surface area contributed by atoms with E-state index >= 15 is 0 Å². The summed E-state index contributed by atoms with van der Waals surface area (Å²) >= 11 is 6.87. The van der Waals surface area contributed by atoms with Crippen LogP contribution in [0.25, 0.3) is 5.57 Å². The van der Waals surface area contributed by atoms with Gasteiger partial charge in [-0.1, -0.05) is 61.6 Å². The van der Waals surface area contributed by atoms with Gasteiger partial charge in [-0.3, -0.25) is 0 Å². The van der Waals surface area contributed by atoms with Crippen molar-refractivity contribution >= 4 is 24.0 Å². The highest BCUT2D eigenvalue weighted by Crippen LogP contribution is 2.46. The SMILES string of the molecule is C[Si](C)(Cl)C1C=C(c2ccccc2)c2cc3c(cc21)CCC3. The van der Waals surface area contributed by atoms with E-state index in [1.165, 1.54) is 41.5 Å². The van der Waals surface area contributed by atoms with Crippen molar-refractivity contribution in [2.45, 2.75) is 37.9 Å². The topological polar surface area (TPSA) is 0 Å². The van der Waals surface area contributed by atoms with Crippen molar-refractivity contribution < 1.29 is 0 Å². The maximum absolute atomic E-state index is 6.87. The van der Waals surface area contributed by atoms with Crippen LogP contribution in [0.5, 0.6) is 0 Å². The summed E-state index contributed by atoms with van der Waals surface area (Å²) in [7, 11) is -1.79. The van der Waals surface area contributed by atoms with Gasteiger partial charge in [-0.15, -0.1) is 0 Å². The maximum atomic E-state index is 6.87. The zero-order valence-electron chi connectivity index (χ0n) is 13.2. The van der Waals surface area contributed by atoms with Gasteiger partial charge in [0.25, 0.3) is 0 Å². The Morgan fingerprint density at radius 3 is 2.36 bits per heavy atom. The van der Waals surface area contributed by atoms with E-state index < -0.39 is 7.38 Å². The fraction of sp³-hybridized carbons (Fsp3) is 0.300. The zero-order chi connectivity index (χ0) is 15.3. The molecule has 0 bridgehead atoms. The van der Waals surface area contributed by atoms with E-state index in [1.807, 2.05) is 0 Å². The van der Waals surface area contributed by atoms with Crippen LogP contribution < -0.4 is 0 Å². The lowest BCUT2D eigenvalue weighted by atomic mass is 9.95. The lowest BCUT2D eigenvalue weighted by molar-refractivity contribution is 0.911. The lowest BCUT2D eigenvalue weighted by Gasteiger charge is -2.22. The number of rotatable bonds is 2. The molecular formula is C20H21ClSi. The van der Waals surface area contributed by atoms with E-state index in [0.717, 1.165) is 0 Å². The Balaban J connectivity index is 1.91. The fourth-order valence-corrected chi connectivity index (χ4v) is 6.00. The molecule has 0 aromatic heterocycles. The van der Waals surface area contributed by atoms with E-state index in [1.54, 1.807) is 11.1 Å². The third kappa shape index (κ3) is 2.28. The van der Waals surface area contributed by atoms with Gasteiger partial charge in [-0.25, -0.2) is 0 Å². The van der Waals surface area contributed by atoms with Gasteiger partial charge in [-0.05, 0) is 52.7 Å². The van der Waals surface area contributed by atoms with Crippen LogP contribution in [0, 0.1) is 0 Å².